The van der Waals surface area contributed by atoms with Gasteiger partial charge in [-0.2, -0.15) is 5.10 Å². The van der Waals surface area contributed by atoms with Crippen LogP contribution in [0.3, 0.4) is 0 Å². The Morgan fingerprint density at radius 3 is 2.50 bits per heavy atom. The summed E-state index contributed by atoms with van der Waals surface area (Å²) in [5, 5.41) is 10.3. The summed E-state index contributed by atoms with van der Waals surface area (Å²) < 4.78 is 1.67. The molecule has 2 amide bonds. The summed E-state index contributed by atoms with van der Waals surface area (Å²) in [4.78, 5) is 32.4. The molecule has 3 aromatic rings. The molecule has 34 heavy (non-hydrogen) atoms. The van der Waals surface area contributed by atoms with E-state index in [1.807, 2.05) is 48.8 Å². The smallest absolute Gasteiger partial charge is 0.276 e. The third kappa shape index (κ3) is 4.92. The van der Waals surface area contributed by atoms with Crippen molar-refractivity contribution in [3.05, 3.63) is 52.5 Å². The van der Waals surface area contributed by atoms with Gasteiger partial charge in [-0.05, 0) is 25.7 Å². The van der Waals surface area contributed by atoms with Crippen LogP contribution < -0.4 is 5.32 Å². The third-order valence-corrected chi connectivity index (χ3v) is 8.06. The van der Waals surface area contributed by atoms with Crippen LogP contribution in [0.25, 0.3) is 11.3 Å². The van der Waals surface area contributed by atoms with Gasteiger partial charge in [-0.1, -0.05) is 49.6 Å². The quantitative estimate of drug-likeness (QED) is 0.556. The zero-order chi connectivity index (χ0) is 23.5. The summed E-state index contributed by atoms with van der Waals surface area (Å²) >= 11 is 1.54. The molecule has 5 rings (SSSR count). The van der Waals surface area contributed by atoms with Crippen LogP contribution in [-0.4, -0.2) is 44.6 Å². The molecule has 8 heteroatoms. The highest BCUT2D eigenvalue weighted by molar-refractivity contribution is 7.10. The van der Waals surface area contributed by atoms with E-state index >= 15 is 0 Å². The lowest BCUT2D eigenvalue weighted by molar-refractivity contribution is -0.137. The summed E-state index contributed by atoms with van der Waals surface area (Å²) in [6.45, 7) is 1.58. The number of carbonyl (C=O) groups excluding carboxylic acids is 2. The van der Waals surface area contributed by atoms with E-state index in [0.29, 0.717) is 23.3 Å². The first-order valence-electron chi connectivity index (χ1n) is 12.2. The number of carbonyl (C=O) groups is 2. The van der Waals surface area contributed by atoms with E-state index in [1.54, 1.807) is 16.0 Å². The Morgan fingerprint density at radius 2 is 1.76 bits per heavy atom. The zero-order valence-electron chi connectivity index (χ0n) is 19.6. The number of thiazole rings is 1. The van der Waals surface area contributed by atoms with E-state index in [4.69, 9.17) is 0 Å². The lowest BCUT2D eigenvalue weighted by atomic mass is 9.87. The van der Waals surface area contributed by atoms with Gasteiger partial charge in [0.2, 0.25) is 5.91 Å². The number of hydrogen-bond acceptors (Lipinski definition) is 5. The van der Waals surface area contributed by atoms with Crippen LogP contribution in [0.15, 0.2) is 41.8 Å². The molecule has 1 aliphatic carbocycles. The van der Waals surface area contributed by atoms with Gasteiger partial charge < -0.3 is 10.2 Å². The van der Waals surface area contributed by atoms with Gasteiger partial charge in [0, 0.05) is 49.0 Å². The van der Waals surface area contributed by atoms with Crippen LogP contribution in [0.4, 0.5) is 5.82 Å². The van der Waals surface area contributed by atoms with Crippen LogP contribution in [0.5, 0.6) is 0 Å². The summed E-state index contributed by atoms with van der Waals surface area (Å²) in [6, 6.07) is 11.8. The number of nitrogens with zero attached hydrogens (tertiary/aromatic N) is 4. The monoisotopic (exact) mass is 477 g/mol. The Morgan fingerprint density at radius 1 is 1.03 bits per heavy atom. The Kier molecular flexibility index (Phi) is 6.76. The second kappa shape index (κ2) is 10.1. The summed E-state index contributed by atoms with van der Waals surface area (Å²) in [7, 11) is 1.82. The van der Waals surface area contributed by atoms with Gasteiger partial charge in [-0.3, -0.25) is 14.3 Å². The Labute approximate surface area is 204 Å². The minimum Gasteiger partial charge on any atom is -0.342 e. The maximum atomic E-state index is 12.9. The minimum atomic E-state index is -0.227. The first kappa shape index (κ1) is 22.8. The molecule has 2 fully saturated rings. The van der Waals surface area contributed by atoms with E-state index in [2.05, 4.69) is 20.3 Å². The fraction of sp³-hybridized carbons (Fsp3) is 0.462. The normalized spacial score (nSPS) is 17.6. The maximum Gasteiger partial charge on any atom is 0.276 e. The largest absolute Gasteiger partial charge is 0.342 e. The second-order valence-electron chi connectivity index (χ2n) is 9.36. The molecule has 0 radical (unpaired) electrons. The Bertz CT molecular complexity index is 1140. The van der Waals surface area contributed by atoms with Crippen LogP contribution in [-0.2, 0) is 11.8 Å². The molecule has 2 aliphatic rings. The Hall–Kier alpha value is -3.00. The number of piperidine rings is 1. The number of hydrogen-bond donors (Lipinski definition) is 1. The van der Waals surface area contributed by atoms with Crippen molar-refractivity contribution in [1.82, 2.24) is 19.7 Å². The van der Waals surface area contributed by atoms with E-state index in [9.17, 15) is 9.59 Å². The molecule has 1 N–H and O–H groups in total. The van der Waals surface area contributed by atoms with Crippen LogP contribution in [0.1, 0.15) is 66.4 Å². The van der Waals surface area contributed by atoms with Crippen LogP contribution >= 0.6 is 11.3 Å². The summed E-state index contributed by atoms with van der Waals surface area (Å²) in [5.41, 5.74) is 2.25. The average Bonchev–Trinajstić information content (AvgIpc) is 3.52. The van der Waals surface area contributed by atoms with Gasteiger partial charge in [0.25, 0.3) is 5.91 Å². The molecule has 2 aromatic heterocycles. The molecule has 1 aromatic carbocycles. The number of aromatic nitrogens is 3. The first-order chi connectivity index (χ1) is 16.6. The molecule has 7 nitrogen and oxygen atoms in total. The lowest BCUT2D eigenvalue weighted by Crippen LogP contribution is -2.41. The van der Waals surface area contributed by atoms with E-state index < -0.39 is 0 Å². The molecule has 0 atom stereocenters. The standard InChI is InChI=1S/C26H31N5O2S/c1-30-23(16-21(29-30)18-8-4-2-5-9-18)28-24(32)22-17-34-25(27-22)19-12-14-31(15-13-19)26(33)20-10-6-3-7-11-20/h2,4-5,8-9,16-17,19-20H,3,6-7,10-15H2,1H3,(H,28,32). The molecule has 1 saturated heterocycles. The molecule has 0 unspecified atom stereocenters. The van der Waals surface area contributed by atoms with Gasteiger partial charge in [0.1, 0.15) is 11.5 Å². The molecule has 1 saturated carbocycles. The molecule has 3 heterocycles. The van der Waals surface area contributed by atoms with Crippen molar-refractivity contribution >= 4 is 29.0 Å². The molecule has 0 bridgehead atoms. The predicted octanol–water partition coefficient (Wildman–Crippen LogP) is 5.08. The zero-order valence-corrected chi connectivity index (χ0v) is 20.4. The summed E-state index contributed by atoms with van der Waals surface area (Å²) in [6.07, 6.45) is 7.55. The third-order valence-electron chi connectivity index (χ3n) is 7.06. The highest BCUT2D eigenvalue weighted by Gasteiger charge is 2.30. The number of likely N-dealkylation sites (tertiary alicyclic amines) is 1. The van der Waals surface area contributed by atoms with Crippen molar-refractivity contribution in [3.63, 3.8) is 0 Å². The van der Waals surface area contributed by atoms with Crippen LogP contribution in [0, 0.1) is 5.92 Å². The van der Waals surface area contributed by atoms with Crippen LogP contribution in [0.2, 0.25) is 0 Å². The fourth-order valence-corrected chi connectivity index (χ4v) is 6.02. The number of benzene rings is 1. The van der Waals surface area contributed by atoms with Crippen molar-refractivity contribution in [2.75, 3.05) is 18.4 Å². The minimum absolute atomic E-state index is 0.227. The number of amides is 2. The molecule has 178 valence electrons. The second-order valence-corrected chi connectivity index (χ2v) is 10.3. The van der Waals surface area contributed by atoms with Crippen molar-refractivity contribution < 1.29 is 9.59 Å². The summed E-state index contributed by atoms with van der Waals surface area (Å²) in [5.74, 6) is 1.30. The number of aryl methyl sites for hydroxylation is 1. The van der Waals surface area contributed by atoms with Crippen molar-refractivity contribution in [3.8, 4) is 11.3 Å². The maximum absolute atomic E-state index is 12.9. The Balaban J connectivity index is 1.18. The number of anilines is 1. The fourth-order valence-electron chi connectivity index (χ4n) is 5.05. The van der Waals surface area contributed by atoms with Gasteiger partial charge in [-0.15, -0.1) is 11.3 Å². The molecular weight excluding hydrogens is 446 g/mol. The topological polar surface area (TPSA) is 80.1 Å². The molecule has 0 spiro atoms. The first-order valence-corrected chi connectivity index (χ1v) is 13.1. The molecular formula is C26H31N5O2S. The van der Waals surface area contributed by atoms with Gasteiger partial charge in [0.15, 0.2) is 0 Å². The van der Waals surface area contributed by atoms with E-state index in [1.165, 1.54) is 19.3 Å². The lowest BCUT2D eigenvalue weighted by Gasteiger charge is -2.34. The molecule has 1 aliphatic heterocycles. The van der Waals surface area contributed by atoms with Gasteiger partial charge >= 0.3 is 0 Å². The van der Waals surface area contributed by atoms with Crippen molar-refractivity contribution in [2.45, 2.75) is 50.9 Å². The number of rotatable bonds is 5. The predicted molar refractivity (Wildman–Crippen MR) is 134 cm³/mol. The SMILES string of the molecule is Cn1nc(-c2ccccc2)cc1NC(=O)c1csc(C2CCN(C(=O)C3CCCCC3)CC2)n1. The van der Waals surface area contributed by atoms with E-state index in [-0.39, 0.29) is 11.8 Å². The van der Waals surface area contributed by atoms with Crippen molar-refractivity contribution in [1.29, 1.82) is 0 Å². The number of nitrogens with one attached hydrogen (secondary N) is 1. The highest BCUT2D eigenvalue weighted by Crippen LogP contribution is 2.33. The van der Waals surface area contributed by atoms with Gasteiger partial charge in [0.05, 0.1) is 10.7 Å². The van der Waals surface area contributed by atoms with Gasteiger partial charge in [-0.25, -0.2) is 4.98 Å². The van der Waals surface area contributed by atoms with E-state index in [0.717, 1.165) is 55.0 Å². The average molecular weight is 478 g/mol. The highest BCUT2D eigenvalue weighted by atomic mass is 32.1. The van der Waals surface area contributed by atoms with Crippen molar-refractivity contribution in [2.24, 2.45) is 13.0 Å².